The van der Waals surface area contributed by atoms with Crippen molar-refractivity contribution >= 4 is 20.9 Å². The maximum Gasteiger partial charge on any atom is 0.238 e. The third kappa shape index (κ3) is 5.61. The van der Waals surface area contributed by atoms with E-state index < -0.39 is 10.0 Å². The van der Waals surface area contributed by atoms with Gasteiger partial charge in [0.15, 0.2) is 0 Å². The van der Waals surface area contributed by atoms with Gasteiger partial charge in [-0.15, -0.1) is 0 Å². The van der Waals surface area contributed by atoms with Crippen molar-refractivity contribution in [3.05, 3.63) is 65.9 Å². The first-order valence-electron chi connectivity index (χ1n) is 10.7. The van der Waals surface area contributed by atoms with Gasteiger partial charge in [-0.25, -0.2) is 13.6 Å². The summed E-state index contributed by atoms with van der Waals surface area (Å²) >= 11 is 0. The number of aromatic nitrogens is 1. The second kappa shape index (κ2) is 9.34. The quantitative estimate of drug-likeness (QED) is 0.609. The molecule has 0 radical (unpaired) electrons. The number of pyridine rings is 1. The summed E-state index contributed by atoms with van der Waals surface area (Å²) in [5.41, 5.74) is 3.00. The van der Waals surface area contributed by atoms with Crippen LogP contribution in [0.2, 0.25) is 0 Å². The lowest BCUT2D eigenvalue weighted by Gasteiger charge is -2.32. The van der Waals surface area contributed by atoms with E-state index in [-0.39, 0.29) is 4.90 Å². The summed E-state index contributed by atoms with van der Waals surface area (Å²) in [7, 11) is -3.65. The Morgan fingerprint density at radius 1 is 1.10 bits per heavy atom. The fourth-order valence-corrected chi connectivity index (χ4v) is 4.82. The van der Waals surface area contributed by atoms with Crippen molar-refractivity contribution in [1.82, 2.24) is 9.88 Å². The Morgan fingerprint density at radius 3 is 2.65 bits per heavy atom. The third-order valence-corrected chi connectivity index (χ3v) is 6.87. The Kier molecular flexibility index (Phi) is 6.55. The Morgan fingerprint density at radius 2 is 1.87 bits per heavy atom. The van der Waals surface area contributed by atoms with Crippen LogP contribution in [0.25, 0.3) is 10.9 Å². The highest BCUT2D eigenvalue weighted by molar-refractivity contribution is 7.89. The molecule has 0 amide bonds. The number of hydrogen-bond donors (Lipinski definition) is 1. The van der Waals surface area contributed by atoms with Crippen molar-refractivity contribution < 1.29 is 13.2 Å². The van der Waals surface area contributed by atoms with Crippen molar-refractivity contribution in [2.45, 2.75) is 31.1 Å². The van der Waals surface area contributed by atoms with Gasteiger partial charge in [-0.2, -0.15) is 0 Å². The van der Waals surface area contributed by atoms with Crippen LogP contribution in [0.5, 0.6) is 5.75 Å². The SMILES string of the molecule is Cc1ccc2c(OCCN3CCC(Cc4cccc(S(N)(=O)=O)c4)CC3)cccc2n1. The first-order valence-corrected chi connectivity index (χ1v) is 12.3. The van der Waals surface area contributed by atoms with E-state index in [2.05, 4.69) is 16.0 Å². The van der Waals surface area contributed by atoms with Crippen molar-refractivity contribution in [2.75, 3.05) is 26.2 Å². The van der Waals surface area contributed by atoms with Gasteiger partial charge >= 0.3 is 0 Å². The van der Waals surface area contributed by atoms with E-state index >= 15 is 0 Å². The van der Waals surface area contributed by atoms with Gasteiger partial charge in [0.25, 0.3) is 0 Å². The zero-order valence-electron chi connectivity index (χ0n) is 17.8. The van der Waals surface area contributed by atoms with E-state index in [1.165, 1.54) is 0 Å². The lowest BCUT2D eigenvalue weighted by atomic mass is 9.90. The van der Waals surface area contributed by atoms with Crippen LogP contribution < -0.4 is 9.88 Å². The number of piperidine rings is 1. The van der Waals surface area contributed by atoms with Crippen LogP contribution in [0.15, 0.2) is 59.5 Å². The van der Waals surface area contributed by atoms with Gasteiger partial charge in [0.2, 0.25) is 10.0 Å². The van der Waals surface area contributed by atoms with Gasteiger partial charge in [-0.1, -0.05) is 18.2 Å². The lowest BCUT2D eigenvalue weighted by Crippen LogP contribution is -2.37. The summed E-state index contributed by atoms with van der Waals surface area (Å²) in [6, 6.07) is 17.1. The Hall–Kier alpha value is -2.48. The van der Waals surface area contributed by atoms with Crippen LogP contribution in [0.3, 0.4) is 0 Å². The second-order valence-electron chi connectivity index (χ2n) is 8.31. The molecule has 0 spiro atoms. The van der Waals surface area contributed by atoms with E-state index in [1.807, 2.05) is 37.3 Å². The standard InChI is InChI=1S/C24H29N3O3S/c1-18-8-9-22-23(26-18)6-3-7-24(22)30-15-14-27-12-10-19(11-13-27)16-20-4-2-5-21(17-20)31(25,28)29/h2-9,17,19H,10-16H2,1H3,(H2,25,28,29). The number of hydrogen-bond acceptors (Lipinski definition) is 5. The highest BCUT2D eigenvalue weighted by Crippen LogP contribution is 2.25. The summed E-state index contributed by atoms with van der Waals surface area (Å²) in [6.07, 6.45) is 3.07. The minimum absolute atomic E-state index is 0.193. The monoisotopic (exact) mass is 439 g/mol. The molecule has 1 aliphatic heterocycles. The largest absolute Gasteiger partial charge is 0.492 e. The zero-order chi connectivity index (χ0) is 21.8. The summed E-state index contributed by atoms with van der Waals surface area (Å²) in [5.74, 6) is 1.44. The van der Waals surface area contributed by atoms with Crippen LogP contribution in [-0.4, -0.2) is 44.5 Å². The molecule has 0 atom stereocenters. The molecule has 31 heavy (non-hydrogen) atoms. The molecule has 1 aliphatic rings. The smallest absolute Gasteiger partial charge is 0.238 e. The normalized spacial score (nSPS) is 15.9. The number of fused-ring (bicyclic) bond motifs is 1. The number of benzene rings is 2. The minimum atomic E-state index is -3.65. The predicted octanol–water partition coefficient (Wildman–Crippen LogP) is 3.52. The van der Waals surface area contributed by atoms with Crippen molar-refractivity contribution in [3.8, 4) is 5.75 Å². The number of nitrogens with two attached hydrogens (primary N) is 1. The molecule has 0 saturated carbocycles. The Labute approximate surface area is 184 Å². The van der Waals surface area contributed by atoms with Gasteiger partial charge in [-0.3, -0.25) is 9.88 Å². The number of likely N-dealkylation sites (tertiary alicyclic amines) is 1. The molecule has 4 rings (SSSR count). The molecule has 1 fully saturated rings. The minimum Gasteiger partial charge on any atom is -0.492 e. The summed E-state index contributed by atoms with van der Waals surface area (Å²) in [5, 5.41) is 6.30. The van der Waals surface area contributed by atoms with Crippen LogP contribution in [-0.2, 0) is 16.4 Å². The van der Waals surface area contributed by atoms with Crippen molar-refractivity contribution in [1.29, 1.82) is 0 Å². The number of aryl methyl sites for hydroxylation is 1. The Balaban J connectivity index is 1.26. The molecule has 0 aliphatic carbocycles. The molecule has 164 valence electrons. The fraction of sp³-hybridized carbons (Fsp3) is 0.375. The predicted molar refractivity (Wildman–Crippen MR) is 123 cm³/mol. The molecule has 6 nitrogen and oxygen atoms in total. The fourth-order valence-electron chi connectivity index (χ4n) is 4.24. The third-order valence-electron chi connectivity index (χ3n) is 5.95. The first kappa shape index (κ1) is 21.7. The Bertz CT molecular complexity index is 1160. The molecule has 2 aromatic carbocycles. The number of ether oxygens (including phenoxy) is 1. The highest BCUT2D eigenvalue weighted by atomic mass is 32.2. The number of nitrogens with zero attached hydrogens (tertiary/aromatic N) is 2. The van der Waals surface area contributed by atoms with Gasteiger partial charge in [0, 0.05) is 17.6 Å². The zero-order valence-corrected chi connectivity index (χ0v) is 18.6. The van der Waals surface area contributed by atoms with Crippen LogP contribution in [0.1, 0.15) is 24.1 Å². The van der Waals surface area contributed by atoms with E-state index in [0.717, 1.165) is 66.8 Å². The van der Waals surface area contributed by atoms with Gasteiger partial charge in [0.1, 0.15) is 12.4 Å². The van der Waals surface area contributed by atoms with E-state index in [9.17, 15) is 8.42 Å². The number of rotatable bonds is 7. The molecule has 0 unspecified atom stereocenters. The van der Waals surface area contributed by atoms with Crippen LogP contribution >= 0.6 is 0 Å². The molecule has 7 heteroatoms. The highest BCUT2D eigenvalue weighted by Gasteiger charge is 2.20. The summed E-state index contributed by atoms with van der Waals surface area (Å²) in [4.78, 5) is 7.19. The molecule has 2 N–H and O–H groups in total. The molecule has 3 aromatic rings. The van der Waals surface area contributed by atoms with Crippen molar-refractivity contribution in [2.24, 2.45) is 11.1 Å². The molecule has 2 heterocycles. The summed E-state index contributed by atoms with van der Waals surface area (Å²) in [6.45, 7) is 5.59. The van der Waals surface area contributed by atoms with Crippen LogP contribution in [0.4, 0.5) is 0 Å². The van der Waals surface area contributed by atoms with E-state index in [1.54, 1.807) is 18.2 Å². The van der Waals surface area contributed by atoms with E-state index in [4.69, 9.17) is 9.88 Å². The maximum absolute atomic E-state index is 11.6. The number of primary sulfonamides is 1. The van der Waals surface area contributed by atoms with E-state index in [0.29, 0.717) is 12.5 Å². The van der Waals surface area contributed by atoms with Gasteiger partial charge < -0.3 is 4.74 Å². The molecular formula is C24H29N3O3S. The molecular weight excluding hydrogens is 410 g/mol. The second-order valence-corrected chi connectivity index (χ2v) is 9.87. The first-order chi connectivity index (χ1) is 14.9. The van der Waals surface area contributed by atoms with Crippen LogP contribution in [0, 0.1) is 12.8 Å². The topological polar surface area (TPSA) is 85.5 Å². The molecule has 1 saturated heterocycles. The number of sulfonamides is 1. The lowest BCUT2D eigenvalue weighted by molar-refractivity contribution is 0.155. The summed E-state index contributed by atoms with van der Waals surface area (Å²) < 4.78 is 29.2. The average molecular weight is 440 g/mol. The molecule has 0 bridgehead atoms. The van der Waals surface area contributed by atoms with Gasteiger partial charge in [-0.05, 0) is 87.2 Å². The molecule has 1 aromatic heterocycles. The average Bonchev–Trinajstić information content (AvgIpc) is 2.74. The maximum atomic E-state index is 11.6. The van der Waals surface area contributed by atoms with Crippen molar-refractivity contribution in [3.63, 3.8) is 0 Å². The van der Waals surface area contributed by atoms with Gasteiger partial charge in [0.05, 0.1) is 10.4 Å².